The van der Waals surface area contributed by atoms with Gasteiger partial charge in [-0.3, -0.25) is 43.3 Å². The van der Waals surface area contributed by atoms with Gasteiger partial charge in [0, 0.05) is 41.5 Å². The van der Waals surface area contributed by atoms with E-state index in [0.717, 1.165) is 5.39 Å². The monoisotopic (exact) mass is 1150 g/mol. The molecule has 13 N–H and O–H groups in total. The molecule has 0 aliphatic carbocycles. The number of guanidine groups is 1. The van der Waals surface area contributed by atoms with Crippen LogP contribution >= 0.6 is 0 Å². The predicted molar refractivity (Wildman–Crippen MR) is 282 cm³/mol. The molecule has 5 atom stereocenters. The molecule has 30 heteroatoms. The number of oxime groups is 1. The summed E-state index contributed by atoms with van der Waals surface area (Å²) < 4.78 is 38.4. The molecular formula is C52H59F3N12O15. The van der Waals surface area contributed by atoms with Crippen LogP contribution in [0, 0.1) is 0 Å². The number of hydrogen-bond donors (Lipinski definition) is 11. The Hall–Kier alpha value is -9.48. The van der Waals surface area contributed by atoms with E-state index in [1.165, 1.54) is 10.8 Å². The highest BCUT2D eigenvalue weighted by Crippen LogP contribution is 2.40. The molecule has 0 saturated carbocycles. The van der Waals surface area contributed by atoms with Crippen molar-refractivity contribution in [1.29, 1.82) is 0 Å². The molecule has 3 aliphatic heterocycles. The van der Waals surface area contributed by atoms with Gasteiger partial charge in [0.15, 0.2) is 11.6 Å². The number of alkyl halides is 3. The minimum absolute atomic E-state index is 0.00689. The zero-order chi connectivity index (χ0) is 59.9. The maximum atomic E-state index is 14.1. The number of pyridine rings is 2. The average molecular weight is 1150 g/mol. The number of amides is 6. The largest absolute Gasteiger partial charge is 0.490 e. The Morgan fingerprint density at radius 2 is 1.51 bits per heavy atom. The number of aliphatic hydroxyl groups is 1. The van der Waals surface area contributed by atoms with Crippen molar-refractivity contribution in [1.82, 2.24) is 41.5 Å². The van der Waals surface area contributed by atoms with Crippen molar-refractivity contribution >= 4 is 76.4 Å². The van der Waals surface area contributed by atoms with Crippen LogP contribution in [0.2, 0.25) is 0 Å². The zero-order valence-electron chi connectivity index (χ0n) is 43.9. The first-order chi connectivity index (χ1) is 38.9. The Morgan fingerprint density at radius 1 is 0.878 bits per heavy atom. The Bertz CT molecular complexity index is 3230. The van der Waals surface area contributed by atoms with E-state index in [9.17, 15) is 66.5 Å². The number of hydrogen-bond acceptors (Lipinski definition) is 16. The number of carbonyl (C=O) groups is 9. The number of aromatic nitrogens is 2. The quantitative estimate of drug-likeness (QED) is 0.0168. The normalized spacial score (nSPS) is 20.1. The first-order valence-corrected chi connectivity index (χ1v) is 25.5. The number of carbonyl (C=O) groups excluding carboxylic acids is 7. The summed E-state index contributed by atoms with van der Waals surface area (Å²) in [5.41, 5.74) is 12.2. The van der Waals surface area contributed by atoms with Gasteiger partial charge in [0.2, 0.25) is 35.4 Å². The van der Waals surface area contributed by atoms with Crippen molar-refractivity contribution < 1.29 is 81.2 Å². The molecule has 5 heterocycles. The number of carboxylic acid groups (broad SMARTS) is 2. The maximum Gasteiger partial charge on any atom is 0.490 e. The highest BCUT2D eigenvalue weighted by molar-refractivity contribution is 6.03. The zero-order valence-corrected chi connectivity index (χ0v) is 43.9. The molecule has 2 aromatic heterocycles. The lowest BCUT2D eigenvalue weighted by Crippen LogP contribution is -2.58. The number of ether oxygens (including phenoxy) is 1. The summed E-state index contributed by atoms with van der Waals surface area (Å²) in [6.45, 7) is 0.800. The lowest BCUT2D eigenvalue weighted by molar-refractivity contribution is -0.192. The second-order valence-electron chi connectivity index (χ2n) is 18.8. The number of carboxylic acids is 2. The van der Waals surface area contributed by atoms with Crippen LogP contribution in [0.4, 0.5) is 13.2 Å². The highest BCUT2D eigenvalue weighted by atomic mass is 19.4. The topological polar surface area (TPSA) is 417 Å². The molecule has 438 valence electrons. The third kappa shape index (κ3) is 15.9. The fourth-order valence-electron chi connectivity index (χ4n) is 8.98. The number of aliphatic carboxylic acids is 2. The molecule has 0 radical (unpaired) electrons. The molecule has 0 spiro atoms. The van der Waals surface area contributed by atoms with Crippen LogP contribution in [0.5, 0.6) is 0 Å². The third-order valence-corrected chi connectivity index (χ3v) is 13.1. The maximum absolute atomic E-state index is 14.1. The van der Waals surface area contributed by atoms with E-state index >= 15 is 0 Å². The van der Waals surface area contributed by atoms with Gasteiger partial charge in [0.05, 0.1) is 54.7 Å². The molecule has 1 saturated heterocycles. The number of nitrogens with one attached hydrogen (secondary N) is 6. The Kier molecular flexibility index (Phi) is 20.8. The first kappa shape index (κ1) is 61.7. The number of para-hydroxylation sites is 1. The Labute approximate surface area is 463 Å². The van der Waals surface area contributed by atoms with E-state index in [-0.39, 0.29) is 94.9 Å². The Morgan fingerprint density at radius 3 is 2.18 bits per heavy atom. The number of rotatable bonds is 18. The number of halogens is 3. The van der Waals surface area contributed by atoms with Gasteiger partial charge < -0.3 is 72.8 Å². The van der Waals surface area contributed by atoms with E-state index in [4.69, 9.17) is 35.9 Å². The standard InChI is InChI=1S/C50H58N12O13.C2HF3O2/c1-2-50(73)32-21-38-42-30(25-62(38)47(71)31(32)26-74-48(50)72)29(28-12-6-7-13-33(28)58-42)23-56-75-19-18-53-39(63)16-8-14-35-44(68)59-34(15-9-17-54-49(51)52)43(67)55-24-40(64)57-37(22-41(65)66)46(70)61-36(45(69)60-35)20-27-10-4-3-5-11-27;3-2(4,5)1(6)7/h3-7,10-13,21,23,34-37,73H,2,8-9,14-20,22,24-26H2,1H3,(H,53,63)(H,55,67)(H,57,64)(H,59,68)(H,60,69)(H,61,70)(H,65,66)(H4,51,52,54);(H,6,7)/b56-23-;/t34-,35-,36+,37-,50-;/m0./s1. The van der Waals surface area contributed by atoms with Crippen molar-refractivity contribution in [2.75, 3.05) is 26.2 Å². The molecule has 1 fully saturated rings. The van der Waals surface area contributed by atoms with Crippen LogP contribution in [0.15, 0.2) is 75.6 Å². The lowest BCUT2D eigenvalue weighted by atomic mass is 9.86. The fraction of sp³-hybridized carbons (Fsp3) is 0.404. The Balaban J connectivity index is 0.00000145. The van der Waals surface area contributed by atoms with Gasteiger partial charge >= 0.3 is 24.1 Å². The molecule has 4 aromatic rings. The summed E-state index contributed by atoms with van der Waals surface area (Å²) in [5.74, 6) is -10.1. The third-order valence-electron chi connectivity index (χ3n) is 13.1. The van der Waals surface area contributed by atoms with Gasteiger partial charge in [0.1, 0.15) is 37.4 Å². The molecule has 6 amide bonds. The summed E-state index contributed by atoms with van der Waals surface area (Å²) in [5, 5.41) is 48.1. The smallest absolute Gasteiger partial charge is 0.481 e. The lowest BCUT2D eigenvalue weighted by Gasteiger charge is -2.31. The van der Waals surface area contributed by atoms with Crippen LogP contribution < -0.4 is 48.9 Å². The van der Waals surface area contributed by atoms with Crippen LogP contribution in [0.1, 0.15) is 79.7 Å². The summed E-state index contributed by atoms with van der Waals surface area (Å²) in [6.07, 6.45) is -4.61. The summed E-state index contributed by atoms with van der Waals surface area (Å²) in [4.78, 5) is 143. The second kappa shape index (κ2) is 27.6. The van der Waals surface area contributed by atoms with Gasteiger partial charge in [-0.2, -0.15) is 13.2 Å². The molecule has 2 aromatic carbocycles. The fourth-order valence-corrected chi connectivity index (χ4v) is 8.98. The SMILES string of the molecule is CC[C@@]1(O)C(=O)OCc2c1cc1n(c2=O)Cc2c-1nc1ccccc1c2/C=N\OCCNC(=O)CCC[C@@H]1NC(=O)[C@@H](Cc2ccccc2)NC(=O)[C@H](CC(=O)O)NC(=O)CNC(=O)[C@H](CCCN=C(N)N)NC1=O.O=C(O)C(F)(F)F. The van der Waals surface area contributed by atoms with E-state index in [1.54, 1.807) is 49.4 Å². The number of esters is 1. The van der Waals surface area contributed by atoms with Gasteiger partial charge in [-0.25, -0.2) is 14.6 Å². The minimum atomic E-state index is -5.08. The van der Waals surface area contributed by atoms with Gasteiger partial charge in [-0.05, 0) is 49.8 Å². The van der Waals surface area contributed by atoms with E-state index < -0.39 is 108 Å². The van der Waals surface area contributed by atoms with Gasteiger partial charge in [-0.1, -0.05) is 60.6 Å². The summed E-state index contributed by atoms with van der Waals surface area (Å²) in [6, 6.07) is 11.7. The molecule has 27 nitrogen and oxygen atoms in total. The number of cyclic esters (lactones) is 1. The molecule has 0 bridgehead atoms. The molecule has 7 rings (SSSR count). The van der Waals surface area contributed by atoms with Crippen LogP contribution in [-0.4, -0.2) is 147 Å². The molecular weight excluding hydrogens is 1090 g/mol. The van der Waals surface area contributed by atoms with Crippen molar-refractivity contribution in [2.24, 2.45) is 21.6 Å². The predicted octanol–water partition coefficient (Wildman–Crippen LogP) is -0.810. The van der Waals surface area contributed by atoms with Crippen molar-refractivity contribution in [3.8, 4) is 11.4 Å². The number of benzene rings is 2. The summed E-state index contributed by atoms with van der Waals surface area (Å²) in [7, 11) is 0. The van der Waals surface area contributed by atoms with Crippen molar-refractivity contribution in [3.63, 3.8) is 0 Å². The molecule has 82 heavy (non-hydrogen) atoms. The van der Waals surface area contributed by atoms with Crippen LogP contribution in [-0.2, 0) is 77.9 Å². The van der Waals surface area contributed by atoms with Crippen molar-refractivity contribution in [2.45, 2.75) is 107 Å². The number of nitrogens with two attached hydrogens (primary N) is 2. The van der Waals surface area contributed by atoms with Crippen LogP contribution in [0.25, 0.3) is 22.3 Å². The number of fused-ring (bicyclic) bond motifs is 5. The van der Waals surface area contributed by atoms with E-state index in [2.05, 4.69) is 42.0 Å². The summed E-state index contributed by atoms with van der Waals surface area (Å²) >= 11 is 0. The van der Waals surface area contributed by atoms with E-state index in [1.807, 2.05) is 18.2 Å². The molecule has 0 unspecified atom stereocenters. The number of aliphatic imine (C=N–C) groups is 1. The highest BCUT2D eigenvalue weighted by Gasteiger charge is 2.46. The van der Waals surface area contributed by atoms with Gasteiger partial charge in [-0.15, -0.1) is 0 Å². The van der Waals surface area contributed by atoms with E-state index in [0.29, 0.717) is 33.6 Å². The second-order valence-corrected chi connectivity index (χ2v) is 18.8. The molecule has 3 aliphatic rings. The first-order valence-electron chi connectivity index (χ1n) is 25.5. The van der Waals surface area contributed by atoms with Crippen LogP contribution in [0.3, 0.4) is 0 Å². The van der Waals surface area contributed by atoms with Crippen molar-refractivity contribution in [3.05, 3.63) is 98.8 Å². The minimum Gasteiger partial charge on any atom is -0.481 e. The number of nitrogens with zero attached hydrogens (tertiary/aromatic N) is 4. The average Bonchev–Trinajstić information content (AvgIpc) is 3.40. The van der Waals surface area contributed by atoms with Gasteiger partial charge in [0.25, 0.3) is 5.56 Å².